The molecule has 9 aromatic rings. The van der Waals surface area contributed by atoms with Gasteiger partial charge in [0.05, 0.1) is 27.6 Å². The largest absolute Gasteiger partial charge is 0.308 e. The molecule has 5 aromatic carbocycles. The normalized spacial score (nSPS) is 12.3. The second-order valence-electron chi connectivity index (χ2n) is 9.85. The van der Waals surface area contributed by atoms with Crippen LogP contribution in [0.15, 0.2) is 116 Å². The number of benzene rings is 5. The highest BCUT2D eigenvalue weighted by molar-refractivity contribution is 6.28. The highest BCUT2D eigenvalue weighted by Crippen LogP contribution is 2.43. The summed E-state index contributed by atoms with van der Waals surface area (Å²) in [5, 5.41) is 9.93. The van der Waals surface area contributed by atoms with E-state index in [9.17, 15) is 0 Å². The monoisotopic (exact) mass is 469 g/mol. The summed E-state index contributed by atoms with van der Waals surface area (Å²) in [7, 11) is 0. The first-order valence-corrected chi connectivity index (χ1v) is 12.6. The molecule has 3 heteroatoms. The molecule has 0 spiro atoms. The lowest BCUT2D eigenvalue weighted by Crippen LogP contribution is -1.93. The van der Waals surface area contributed by atoms with Gasteiger partial charge < -0.3 is 4.40 Å². The molecule has 0 radical (unpaired) electrons. The molecule has 0 aliphatic rings. The van der Waals surface area contributed by atoms with Crippen molar-refractivity contribution in [2.45, 2.75) is 0 Å². The minimum Gasteiger partial charge on any atom is -0.308 e. The minimum atomic E-state index is 0.944. The summed E-state index contributed by atoms with van der Waals surface area (Å²) in [6.07, 6.45) is 3.76. The third-order valence-corrected chi connectivity index (χ3v) is 7.98. The minimum absolute atomic E-state index is 0.944. The van der Waals surface area contributed by atoms with Crippen molar-refractivity contribution in [3.05, 3.63) is 116 Å². The van der Waals surface area contributed by atoms with Gasteiger partial charge in [-0.05, 0) is 58.3 Å². The molecule has 37 heavy (non-hydrogen) atoms. The van der Waals surface area contributed by atoms with E-state index in [0.29, 0.717) is 0 Å². The molecular formula is C34H19N3. The van der Waals surface area contributed by atoms with E-state index in [4.69, 9.17) is 4.98 Å². The van der Waals surface area contributed by atoms with Crippen molar-refractivity contribution in [3.63, 3.8) is 0 Å². The molecule has 0 fully saturated rings. The zero-order valence-electron chi connectivity index (χ0n) is 19.8. The molecule has 0 saturated carbocycles. The van der Waals surface area contributed by atoms with E-state index < -0.39 is 0 Å². The van der Waals surface area contributed by atoms with Crippen LogP contribution in [0, 0.1) is 0 Å². The van der Waals surface area contributed by atoms with Gasteiger partial charge in [0.15, 0.2) is 0 Å². The van der Waals surface area contributed by atoms with Crippen LogP contribution in [0.2, 0.25) is 0 Å². The van der Waals surface area contributed by atoms with Gasteiger partial charge in [0, 0.05) is 44.7 Å². The van der Waals surface area contributed by atoms with Gasteiger partial charge in [0.2, 0.25) is 0 Å². The molecule has 9 rings (SSSR count). The third kappa shape index (κ3) is 2.41. The van der Waals surface area contributed by atoms with Crippen LogP contribution in [-0.2, 0) is 0 Å². The molecule has 0 aliphatic carbocycles. The van der Waals surface area contributed by atoms with Crippen LogP contribution >= 0.6 is 0 Å². The highest BCUT2D eigenvalue weighted by atomic mass is 14.9. The molecule has 0 amide bonds. The van der Waals surface area contributed by atoms with Crippen molar-refractivity contribution < 1.29 is 0 Å². The maximum absolute atomic E-state index is 4.76. The van der Waals surface area contributed by atoms with Gasteiger partial charge in [-0.3, -0.25) is 9.97 Å². The number of rotatable bonds is 1. The number of nitrogens with zero attached hydrogens (tertiary/aromatic N) is 3. The Hall–Kier alpha value is -5.02. The maximum atomic E-state index is 4.76. The topological polar surface area (TPSA) is 30.2 Å². The zero-order valence-corrected chi connectivity index (χ0v) is 19.8. The second kappa shape index (κ2) is 6.80. The Balaban J connectivity index is 1.51. The molecule has 3 nitrogen and oxygen atoms in total. The van der Waals surface area contributed by atoms with Crippen LogP contribution in [0.4, 0.5) is 0 Å². The summed E-state index contributed by atoms with van der Waals surface area (Å²) in [4.78, 5) is 9.43. The van der Waals surface area contributed by atoms with Gasteiger partial charge in [-0.1, -0.05) is 66.7 Å². The molecule has 0 saturated heterocycles. The molecule has 0 unspecified atom stereocenters. The van der Waals surface area contributed by atoms with Crippen molar-refractivity contribution in [1.82, 2.24) is 14.4 Å². The van der Waals surface area contributed by atoms with Crippen molar-refractivity contribution in [2.24, 2.45) is 0 Å². The smallest absolute Gasteiger partial charge is 0.0970 e. The number of aromatic nitrogens is 3. The SMILES string of the molecule is c1cnc2c(c1)ccc1c(-c3cc4c5cccc6cccc(c65)n5c6ccccc6c(c3)c45)ccnc12. The van der Waals surface area contributed by atoms with Crippen molar-refractivity contribution in [2.75, 3.05) is 0 Å². The Morgan fingerprint density at radius 1 is 0.486 bits per heavy atom. The van der Waals surface area contributed by atoms with Gasteiger partial charge in [-0.15, -0.1) is 0 Å². The lowest BCUT2D eigenvalue weighted by molar-refractivity contribution is 1.35. The lowest BCUT2D eigenvalue weighted by atomic mass is 9.94. The Morgan fingerprint density at radius 3 is 2.19 bits per heavy atom. The Kier molecular flexibility index (Phi) is 3.53. The van der Waals surface area contributed by atoms with Crippen molar-refractivity contribution >= 4 is 70.7 Å². The van der Waals surface area contributed by atoms with E-state index in [0.717, 1.165) is 21.8 Å². The van der Waals surface area contributed by atoms with Gasteiger partial charge in [-0.25, -0.2) is 0 Å². The van der Waals surface area contributed by atoms with Crippen molar-refractivity contribution in [3.8, 4) is 11.1 Å². The predicted octanol–water partition coefficient (Wildman–Crippen LogP) is 8.75. The third-order valence-electron chi connectivity index (χ3n) is 7.98. The van der Waals surface area contributed by atoms with Crippen LogP contribution in [0.5, 0.6) is 0 Å². The summed E-state index contributed by atoms with van der Waals surface area (Å²) in [6, 6.07) is 37.4. The van der Waals surface area contributed by atoms with E-state index in [1.807, 2.05) is 18.5 Å². The lowest BCUT2D eigenvalue weighted by Gasteiger charge is -2.15. The van der Waals surface area contributed by atoms with E-state index in [1.165, 1.54) is 60.0 Å². The first-order chi connectivity index (χ1) is 18.4. The standard InChI is InChI=1S/C34H19N3/c1-2-11-29-24(9-1)27-18-22(23-15-17-36-33-26(23)14-13-21-8-5-16-35-32(21)33)19-28-25-10-3-6-20-7-4-12-30(31(20)25)37(29)34(27)28/h1-19H. The number of hydrogen-bond acceptors (Lipinski definition) is 2. The Bertz CT molecular complexity index is 2360. The number of pyridine rings is 3. The number of hydrogen-bond donors (Lipinski definition) is 0. The van der Waals surface area contributed by atoms with Crippen LogP contribution in [0.1, 0.15) is 0 Å². The predicted molar refractivity (Wildman–Crippen MR) is 155 cm³/mol. The van der Waals surface area contributed by atoms with Gasteiger partial charge in [-0.2, -0.15) is 0 Å². The molecule has 4 heterocycles. The molecule has 4 aromatic heterocycles. The summed E-state index contributed by atoms with van der Waals surface area (Å²) in [6.45, 7) is 0. The first kappa shape index (κ1) is 19.2. The molecule has 0 N–H and O–H groups in total. The average Bonchev–Trinajstić information content (AvgIpc) is 3.30. The summed E-state index contributed by atoms with van der Waals surface area (Å²) >= 11 is 0. The summed E-state index contributed by atoms with van der Waals surface area (Å²) in [5.74, 6) is 0. The fraction of sp³-hybridized carbons (Fsp3) is 0. The van der Waals surface area contributed by atoms with Crippen molar-refractivity contribution in [1.29, 1.82) is 0 Å². The fourth-order valence-electron chi connectivity index (χ4n) is 6.45. The fourth-order valence-corrected chi connectivity index (χ4v) is 6.45. The Labute approximate surface area is 211 Å². The quantitative estimate of drug-likeness (QED) is 0.178. The van der Waals surface area contributed by atoms with E-state index in [1.54, 1.807) is 0 Å². The zero-order chi connectivity index (χ0) is 24.1. The van der Waals surface area contributed by atoms with Crippen LogP contribution in [0.25, 0.3) is 81.8 Å². The van der Waals surface area contributed by atoms with Crippen LogP contribution in [-0.4, -0.2) is 14.4 Å². The molecule has 0 atom stereocenters. The van der Waals surface area contributed by atoms with Crippen LogP contribution < -0.4 is 0 Å². The molecule has 170 valence electrons. The van der Waals surface area contributed by atoms with E-state index in [-0.39, 0.29) is 0 Å². The Morgan fingerprint density at radius 2 is 1.24 bits per heavy atom. The van der Waals surface area contributed by atoms with Gasteiger partial charge in [0.25, 0.3) is 0 Å². The van der Waals surface area contributed by atoms with E-state index in [2.05, 4.69) is 106 Å². The molecule has 0 bridgehead atoms. The van der Waals surface area contributed by atoms with E-state index >= 15 is 0 Å². The highest BCUT2D eigenvalue weighted by Gasteiger charge is 2.19. The number of fused-ring (bicyclic) bond motifs is 8. The number of para-hydroxylation sites is 1. The molecular weight excluding hydrogens is 450 g/mol. The van der Waals surface area contributed by atoms with Gasteiger partial charge >= 0.3 is 0 Å². The molecule has 0 aliphatic heterocycles. The van der Waals surface area contributed by atoms with Crippen LogP contribution in [0.3, 0.4) is 0 Å². The second-order valence-corrected chi connectivity index (χ2v) is 9.85. The average molecular weight is 470 g/mol. The summed E-state index contributed by atoms with van der Waals surface area (Å²) in [5.41, 5.74) is 8.04. The first-order valence-electron chi connectivity index (χ1n) is 12.6. The van der Waals surface area contributed by atoms with Gasteiger partial charge in [0.1, 0.15) is 0 Å². The summed E-state index contributed by atoms with van der Waals surface area (Å²) < 4.78 is 2.46. The maximum Gasteiger partial charge on any atom is 0.0970 e.